The summed E-state index contributed by atoms with van der Waals surface area (Å²) in [6.45, 7) is 2.88. The van der Waals surface area contributed by atoms with Crippen molar-refractivity contribution in [2.45, 2.75) is 51.1 Å². The summed E-state index contributed by atoms with van der Waals surface area (Å²) in [5.41, 5.74) is 2.17. The number of nitrogens with one attached hydrogen (secondary N) is 1. The molecule has 1 fully saturated rings. The van der Waals surface area contributed by atoms with Crippen LogP contribution in [0.3, 0.4) is 0 Å². The molecule has 0 aliphatic heterocycles. The Morgan fingerprint density at radius 1 is 1.10 bits per heavy atom. The van der Waals surface area contributed by atoms with E-state index in [1.807, 2.05) is 18.2 Å². The number of hydrogen-bond donors (Lipinski definition) is 1. The van der Waals surface area contributed by atoms with Gasteiger partial charge in [0.2, 0.25) is 0 Å². The van der Waals surface area contributed by atoms with Gasteiger partial charge in [-0.15, -0.1) is 5.10 Å². The zero-order valence-corrected chi connectivity index (χ0v) is 17.3. The maximum atomic E-state index is 12.2. The molecule has 156 valence electrons. The number of hydrogen-bond acceptors (Lipinski definition) is 6. The van der Waals surface area contributed by atoms with E-state index in [1.165, 1.54) is 12.0 Å². The van der Waals surface area contributed by atoms with Gasteiger partial charge in [-0.1, -0.05) is 55.7 Å². The molecule has 1 aliphatic carbocycles. The number of carbonyl (C=O) groups is 1. The Hall–Kier alpha value is -3.06. The summed E-state index contributed by atoms with van der Waals surface area (Å²) in [5.74, 6) is 0.447. The first-order valence-corrected chi connectivity index (χ1v) is 10.6. The second kappa shape index (κ2) is 9.17. The summed E-state index contributed by atoms with van der Waals surface area (Å²) < 4.78 is 6.90. The maximum Gasteiger partial charge on any atom is 0.338 e. The molecular formula is C23H27N5O2. The molecule has 0 unspecified atom stereocenters. The molecule has 0 spiro atoms. The fraction of sp³-hybridized carbons (Fsp3) is 0.391. The molecule has 0 bridgehead atoms. The third-order valence-electron chi connectivity index (χ3n) is 5.68. The smallest absolute Gasteiger partial charge is 0.338 e. The Labute approximate surface area is 176 Å². The minimum absolute atomic E-state index is 0.308. The van der Waals surface area contributed by atoms with Crippen LogP contribution >= 0.6 is 0 Å². The number of esters is 1. The van der Waals surface area contributed by atoms with Crippen molar-refractivity contribution >= 4 is 5.97 Å². The maximum absolute atomic E-state index is 12.2. The highest BCUT2D eigenvalue weighted by Gasteiger charge is 2.38. The van der Waals surface area contributed by atoms with Gasteiger partial charge in [0, 0.05) is 6.54 Å². The molecule has 3 aromatic rings. The first kappa shape index (κ1) is 20.2. The molecule has 0 saturated heterocycles. The fourth-order valence-electron chi connectivity index (χ4n) is 4.14. The van der Waals surface area contributed by atoms with Crippen LogP contribution in [-0.4, -0.2) is 32.8 Å². The summed E-state index contributed by atoms with van der Waals surface area (Å²) in [6.07, 6.45) is 5.40. The summed E-state index contributed by atoms with van der Waals surface area (Å²) in [4.78, 5) is 12.2. The Balaban J connectivity index is 1.66. The van der Waals surface area contributed by atoms with E-state index in [0.717, 1.165) is 43.7 Å². The second-order valence-electron chi connectivity index (χ2n) is 7.67. The zero-order chi connectivity index (χ0) is 20.8. The normalized spacial score (nSPS) is 15.6. The van der Waals surface area contributed by atoms with E-state index < -0.39 is 0 Å². The van der Waals surface area contributed by atoms with Crippen molar-refractivity contribution in [1.29, 1.82) is 0 Å². The molecule has 30 heavy (non-hydrogen) atoms. The largest absolute Gasteiger partial charge is 0.462 e. The Morgan fingerprint density at radius 2 is 1.90 bits per heavy atom. The SMILES string of the molecule is CCOC(=O)c1cccc(-n2nnnc2C2(NCc3ccccc3)CCCCC2)c1. The third-order valence-corrected chi connectivity index (χ3v) is 5.68. The average molecular weight is 406 g/mol. The van der Waals surface area contributed by atoms with Crippen molar-refractivity contribution in [3.63, 3.8) is 0 Å². The summed E-state index contributed by atoms with van der Waals surface area (Å²) in [5, 5.41) is 16.5. The summed E-state index contributed by atoms with van der Waals surface area (Å²) in [6, 6.07) is 17.6. The lowest BCUT2D eigenvalue weighted by Gasteiger charge is -2.37. The van der Waals surface area contributed by atoms with E-state index in [2.05, 4.69) is 45.1 Å². The highest BCUT2D eigenvalue weighted by Crippen LogP contribution is 2.37. The lowest BCUT2D eigenvalue weighted by molar-refractivity contribution is 0.0526. The number of ether oxygens (including phenoxy) is 1. The molecule has 4 rings (SSSR count). The molecule has 0 atom stereocenters. The quantitative estimate of drug-likeness (QED) is 0.602. The molecule has 1 N–H and O–H groups in total. The van der Waals surface area contributed by atoms with E-state index in [9.17, 15) is 4.79 Å². The van der Waals surface area contributed by atoms with Gasteiger partial charge in [-0.2, -0.15) is 4.68 Å². The van der Waals surface area contributed by atoms with Crippen LogP contribution in [0.15, 0.2) is 54.6 Å². The van der Waals surface area contributed by atoms with Crippen molar-refractivity contribution in [3.8, 4) is 5.69 Å². The van der Waals surface area contributed by atoms with Crippen LogP contribution in [0, 0.1) is 0 Å². The molecule has 0 radical (unpaired) electrons. The van der Waals surface area contributed by atoms with Gasteiger partial charge in [0.15, 0.2) is 5.82 Å². The summed E-state index contributed by atoms with van der Waals surface area (Å²) >= 11 is 0. The molecule has 7 nitrogen and oxygen atoms in total. The highest BCUT2D eigenvalue weighted by atomic mass is 16.5. The van der Waals surface area contributed by atoms with E-state index in [0.29, 0.717) is 12.2 Å². The molecule has 0 amide bonds. The first-order valence-electron chi connectivity index (χ1n) is 10.6. The number of tetrazole rings is 1. The van der Waals surface area contributed by atoms with Gasteiger partial charge in [0.25, 0.3) is 0 Å². The van der Waals surface area contributed by atoms with Crippen LogP contribution in [-0.2, 0) is 16.8 Å². The molecular weight excluding hydrogens is 378 g/mol. The van der Waals surface area contributed by atoms with Crippen LogP contribution in [0.5, 0.6) is 0 Å². The monoisotopic (exact) mass is 405 g/mol. The standard InChI is InChI=1S/C23H27N5O2/c1-2-30-21(29)19-12-9-13-20(16-19)28-22(25-26-27-28)23(14-7-4-8-15-23)24-17-18-10-5-3-6-11-18/h3,5-6,9-13,16,24H,2,4,7-8,14-15,17H2,1H3. The average Bonchev–Trinajstić information content (AvgIpc) is 3.30. The topological polar surface area (TPSA) is 81.9 Å². The fourth-order valence-corrected chi connectivity index (χ4v) is 4.14. The van der Waals surface area contributed by atoms with E-state index in [4.69, 9.17) is 4.74 Å². The van der Waals surface area contributed by atoms with Crippen molar-refractivity contribution in [3.05, 3.63) is 71.5 Å². The molecule has 1 aromatic heterocycles. The molecule has 1 heterocycles. The first-order chi connectivity index (χ1) is 14.7. The highest BCUT2D eigenvalue weighted by molar-refractivity contribution is 5.90. The molecule has 7 heteroatoms. The number of carbonyl (C=O) groups excluding carboxylic acids is 1. The minimum Gasteiger partial charge on any atom is -0.462 e. The van der Waals surface area contributed by atoms with Gasteiger partial charge in [0.05, 0.1) is 23.4 Å². The Kier molecular flexibility index (Phi) is 6.18. The molecule has 2 aromatic carbocycles. The predicted molar refractivity (Wildman–Crippen MR) is 113 cm³/mol. The number of aromatic nitrogens is 4. The van der Waals surface area contributed by atoms with Crippen LogP contribution < -0.4 is 5.32 Å². The van der Waals surface area contributed by atoms with Crippen LogP contribution in [0.4, 0.5) is 0 Å². The number of nitrogens with zero attached hydrogens (tertiary/aromatic N) is 4. The second-order valence-corrected chi connectivity index (χ2v) is 7.67. The van der Waals surface area contributed by atoms with Crippen LogP contribution in [0.1, 0.15) is 60.8 Å². The van der Waals surface area contributed by atoms with Gasteiger partial charge in [-0.05, 0) is 54.0 Å². The molecule has 1 saturated carbocycles. The Morgan fingerprint density at radius 3 is 2.67 bits per heavy atom. The Bertz CT molecular complexity index is 980. The van der Waals surface area contributed by atoms with Crippen molar-refractivity contribution in [2.75, 3.05) is 6.61 Å². The van der Waals surface area contributed by atoms with E-state index in [1.54, 1.807) is 23.7 Å². The zero-order valence-electron chi connectivity index (χ0n) is 17.3. The van der Waals surface area contributed by atoms with E-state index in [-0.39, 0.29) is 11.5 Å². The lowest BCUT2D eigenvalue weighted by Crippen LogP contribution is -2.45. The van der Waals surface area contributed by atoms with Gasteiger partial charge >= 0.3 is 5.97 Å². The molecule has 1 aliphatic rings. The van der Waals surface area contributed by atoms with Gasteiger partial charge < -0.3 is 10.1 Å². The minimum atomic E-state index is -0.344. The third kappa shape index (κ3) is 4.26. The van der Waals surface area contributed by atoms with Crippen molar-refractivity contribution in [1.82, 2.24) is 25.5 Å². The van der Waals surface area contributed by atoms with Crippen molar-refractivity contribution in [2.24, 2.45) is 0 Å². The van der Waals surface area contributed by atoms with Gasteiger partial charge in [-0.3, -0.25) is 0 Å². The summed E-state index contributed by atoms with van der Waals surface area (Å²) in [7, 11) is 0. The van der Waals surface area contributed by atoms with Crippen molar-refractivity contribution < 1.29 is 9.53 Å². The van der Waals surface area contributed by atoms with Crippen LogP contribution in [0.2, 0.25) is 0 Å². The number of rotatable bonds is 7. The number of benzene rings is 2. The predicted octanol–water partition coefficient (Wildman–Crippen LogP) is 3.79. The van der Waals surface area contributed by atoms with Gasteiger partial charge in [-0.25, -0.2) is 4.79 Å². The lowest BCUT2D eigenvalue weighted by atomic mass is 9.80. The van der Waals surface area contributed by atoms with Gasteiger partial charge in [0.1, 0.15) is 0 Å². The van der Waals surface area contributed by atoms with Crippen LogP contribution in [0.25, 0.3) is 5.69 Å². The van der Waals surface area contributed by atoms with E-state index >= 15 is 0 Å².